The minimum absolute atomic E-state index is 0.133. The first kappa shape index (κ1) is 13.1. The van der Waals surface area contributed by atoms with Gasteiger partial charge >= 0.3 is 0 Å². The second kappa shape index (κ2) is 6.02. The summed E-state index contributed by atoms with van der Waals surface area (Å²) < 4.78 is 18.6. The fraction of sp³-hybridized carbons (Fsp3) is 0.538. The minimum Gasteiger partial charge on any atom is -0.508 e. The van der Waals surface area contributed by atoms with Gasteiger partial charge in [0, 0.05) is 37.8 Å². The molecule has 0 amide bonds. The van der Waals surface area contributed by atoms with Gasteiger partial charge in [0.15, 0.2) is 0 Å². The molecule has 0 bridgehead atoms. The molecule has 1 atom stereocenters. The van der Waals surface area contributed by atoms with E-state index in [0.717, 1.165) is 31.7 Å². The molecule has 0 radical (unpaired) electrons. The van der Waals surface area contributed by atoms with Crippen molar-refractivity contribution < 1.29 is 14.2 Å². The van der Waals surface area contributed by atoms with Crippen LogP contribution in [0.4, 0.5) is 4.39 Å². The Morgan fingerprint density at radius 2 is 2.17 bits per heavy atom. The summed E-state index contributed by atoms with van der Waals surface area (Å²) in [6.45, 7) is 2.92. The second-order valence-electron chi connectivity index (χ2n) is 4.38. The Hall–Kier alpha value is -1.33. The van der Waals surface area contributed by atoms with Crippen molar-refractivity contribution in [3.8, 4) is 11.5 Å². The molecular formula is C13H19FN2O2. The smallest absolute Gasteiger partial charge is 0.127 e. The maximum Gasteiger partial charge on any atom is 0.127 e. The molecule has 1 saturated heterocycles. The second-order valence-corrected chi connectivity index (χ2v) is 4.38. The third-order valence-corrected chi connectivity index (χ3v) is 3.31. The number of hydrogen-bond acceptors (Lipinski definition) is 4. The van der Waals surface area contributed by atoms with Crippen molar-refractivity contribution in [1.82, 2.24) is 10.2 Å². The normalized spacial score (nSPS) is 18.6. The van der Waals surface area contributed by atoms with Gasteiger partial charge in [0.1, 0.15) is 18.2 Å². The Kier molecular flexibility index (Phi) is 4.38. The number of aromatic hydroxyl groups is 1. The van der Waals surface area contributed by atoms with E-state index in [1.54, 1.807) is 12.1 Å². The third-order valence-electron chi connectivity index (χ3n) is 3.31. The number of alkyl halides is 1. The van der Waals surface area contributed by atoms with Crippen LogP contribution in [0.5, 0.6) is 11.5 Å². The number of phenols is 1. The zero-order chi connectivity index (χ0) is 13.0. The topological polar surface area (TPSA) is 44.7 Å². The predicted octanol–water partition coefficient (Wildman–Crippen LogP) is 1.32. The Balaban J connectivity index is 2.25. The number of phenolic OH excluding ortho intramolecular Hbond substituents is 1. The molecule has 0 unspecified atom stereocenters. The summed E-state index contributed by atoms with van der Waals surface area (Å²) >= 11 is 0. The first-order valence-electron chi connectivity index (χ1n) is 6.14. The van der Waals surface area contributed by atoms with Gasteiger partial charge in [-0.3, -0.25) is 4.90 Å². The van der Waals surface area contributed by atoms with Crippen LogP contribution in [0.3, 0.4) is 0 Å². The van der Waals surface area contributed by atoms with Crippen molar-refractivity contribution >= 4 is 0 Å². The third kappa shape index (κ3) is 2.73. The van der Waals surface area contributed by atoms with Crippen LogP contribution in [-0.4, -0.2) is 50.0 Å². The summed E-state index contributed by atoms with van der Waals surface area (Å²) in [6, 6.07) is 4.53. The Morgan fingerprint density at radius 3 is 2.78 bits per heavy atom. The Morgan fingerprint density at radius 1 is 1.44 bits per heavy atom. The van der Waals surface area contributed by atoms with Crippen molar-refractivity contribution in [2.75, 3.05) is 40.0 Å². The van der Waals surface area contributed by atoms with Gasteiger partial charge in [-0.15, -0.1) is 0 Å². The number of nitrogens with zero attached hydrogens (tertiary/aromatic N) is 1. The van der Waals surface area contributed by atoms with Crippen LogP contribution in [0.1, 0.15) is 11.6 Å². The predicted molar refractivity (Wildman–Crippen MR) is 67.8 cm³/mol. The molecule has 5 heteroatoms. The fourth-order valence-electron chi connectivity index (χ4n) is 2.35. The van der Waals surface area contributed by atoms with Crippen LogP contribution >= 0.6 is 0 Å². The van der Waals surface area contributed by atoms with Crippen LogP contribution in [0.2, 0.25) is 0 Å². The number of rotatable bonds is 4. The van der Waals surface area contributed by atoms with Gasteiger partial charge in [-0.1, -0.05) is 0 Å². The Labute approximate surface area is 106 Å². The first-order valence-corrected chi connectivity index (χ1v) is 6.14. The Bertz CT molecular complexity index is 395. The first-order chi connectivity index (χ1) is 8.76. The van der Waals surface area contributed by atoms with Crippen LogP contribution in [0.25, 0.3) is 0 Å². The number of halogens is 1. The van der Waals surface area contributed by atoms with Crippen molar-refractivity contribution in [2.24, 2.45) is 0 Å². The fourth-order valence-corrected chi connectivity index (χ4v) is 2.35. The molecule has 0 spiro atoms. The molecule has 0 aliphatic carbocycles. The highest BCUT2D eigenvalue weighted by molar-refractivity contribution is 5.42. The number of piperazine rings is 1. The lowest BCUT2D eigenvalue weighted by molar-refractivity contribution is 0.145. The highest BCUT2D eigenvalue weighted by atomic mass is 19.1. The highest BCUT2D eigenvalue weighted by Crippen LogP contribution is 2.32. The van der Waals surface area contributed by atoms with Gasteiger partial charge in [0.05, 0.1) is 13.2 Å². The molecule has 1 heterocycles. The number of nitrogens with one attached hydrogen (secondary N) is 1. The minimum atomic E-state index is -0.457. The zero-order valence-corrected chi connectivity index (χ0v) is 10.5. The highest BCUT2D eigenvalue weighted by Gasteiger charge is 2.24. The van der Waals surface area contributed by atoms with Gasteiger partial charge in [-0.05, 0) is 12.1 Å². The quantitative estimate of drug-likeness (QED) is 0.850. The molecule has 2 N–H and O–H groups in total. The van der Waals surface area contributed by atoms with Crippen molar-refractivity contribution in [3.63, 3.8) is 0 Å². The van der Waals surface area contributed by atoms with E-state index >= 15 is 0 Å². The van der Waals surface area contributed by atoms with Gasteiger partial charge in [0.25, 0.3) is 0 Å². The van der Waals surface area contributed by atoms with Gasteiger partial charge < -0.3 is 15.2 Å². The number of benzene rings is 1. The van der Waals surface area contributed by atoms with Crippen molar-refractivity contribution in [3.05, 3.63) is 23.8 Å². The SMILES string of the molecule is COc1cc(O)ccc1[C@@H](CF)N1CCNCC1. The molecule has 0 saturated carbocycles. The van der Waals surface area contributed by atoms with Crippen LogP contribution in [0, 0.1) is 0 Å². The standard InChI is InChI=1S/C13H19FN2O2/c1-18-13-8-10(17)2-3-11(13)12(9-14)16-6-4-15-5-7-16/h2-3,8,12,15,17H,4-7,9H2,1H3/t12-/m1/s1. The van der Waals surface area contributed by atoms with Crippen LogP contribution < -0.4 is 10.1 Å². The lowest BCUT2D eigenvalue weighted by Crippen LogP contribution is -2.45. The van der Waals surface area contributed by atoms with E-state index in [0.29, 0.717) is 5.75 Å². The summed E-state index contributed by atoms with van der Waals surface area (Å²) in [5, 5.41) is 12.7. The van der Waals surface area contributed by atoms with E-state index in [4.69, 9.17) is 4.74 Å². The largest absolute Gasteiger partial charge is 0.508 e. The number of methoxy groups -OCH3 is 1. The van der Waals surface area contributed by atoms with Gasteiger partial charge in [-0.25, -0.2) is 4.39 Å². The van der Waals surface area contributed by atoms with E-state index in [1.165, 1.54) is 13.2 Å². The van der Waals surface area contributed by atoms with E-state index < -0.39 is 6.67 Å². The molecule has 1 aromatic rings. The monoisotopic (exact) mass is 254 g/mol. The van der Waals surface area contributed by atoms with Crippen LogP contribution in [0.15, 0.2) is 18.2 Å². The summed E-state index contributed by atoms with van der Waals surface area (Å²) in [4.78, 5) is 2.10. The maximum atomic E-state index is 13.4. The summed E-state index contributed by atoms with van der Waals surface area (Å²) in [7, 11) is 1.53. The average Bonchev–Trinajstić information content (AvgIpc) is 2.42. The molecule has 100 valence electrons. The van der Waals surface area contributed by atoms with Crippen LogP contribution in [-0.2, 0) is 0 Å². The maximum absolute atomic E-state index is 13.4. The van der Waals surface area contributed by atoms with Crippen molar-refractivity contribution in [1.29, 1.82) is 0 Å². The van der Waals surface area contributed by atoms with E-state index in [-0.39, 0.29) is 11.8 Å². The van der Waals surface area contributed by atoms with E-state index in [1.807, 2.05) is 0 Å². The molecule has 1 aliphatic heterocycles. The van der Waals surface area contributed by atoms with Gasteiger partial charge in [0.2, 0.25) is 0 Å². The summed E-state index contributed by atoms with van der Waals surface area (Å²) in [5.41, 5.74) is 0.791. The lowest BCUT2D eigenvalue weighted by atomic mass is 10.0. The molecule has 1 fully saturated rings. The number of hydrogen-bond donors (Lipinski definition) is 2. The number of ether oxygens (including phenoxy) is 1. The van der Waals surface area contributed by atoms with E-state index in [9.17, 15) is 9.50 Å². The van der Waals surface area contributed by atoms with E-state index in [2.05, 4.69) is 10.2 Å². The molecule has 18 heavy (non-hydrogen) atoms. The average molecular weight is 254 g/mol. The molecule has 1 aliphatic rings. The molecule has 4 nitrogen and oxygen atoms in total. The van der Waals surface area contributed by atoms with Crippen molar-refractivity contribution in [2.45, 2.75) is 6.04 Å². The molecule has 2 rings (SSSR count). The molecule has 1 aromatic carbocycles. The zero-order valence-electron chi connectivity index (χ0n) is 10.5. The summed E-state index contributed by atoms with van der Waals surface area (Å²) in [6.07, 6.45) is 0. The molecule has 0 aromatic heterocycles. The summed E-state index contributed by atoms with van der Waals surface area (Å²) in [5.74, 6) is 0.671. The lowest BCUT2D eigenvalue weighted by Gasteiger charge is -2.34. The van der Waals surface area contributed by atoms with Gasteiger partial charge in [-0.2, -0.15) is 0 Å². The molecular weight excluding hydrogens is 235 g/mol.